The SMILES string of the molecule is O=C(Nc1ccc(CN2CCOCC2)c(Cl)c1)c1cnccn1. The van der Waals surface area contributed by atoms with Crippen LogP contribution in [0.4, 0.5) is 5.69 Å². The molecule has 0 radical (unpaired) electrons. The van der Waals surface area contributed by atoms with Gasteiger partial charge < -0.3 is 10.1 Å². The van der Waals surface area contributed by atoms with Gasteiger partial charge in [-0.2, -0.15) is 0 Å². The second-order valence-corrected chi connectivity index (χ2v) is 5.65. The van der Waals surface area contributed by atoms with Gasteiger partial charge in [0.25, 0.3) is 5.91 Å². The second kappa shape index (κ2) is 7.50. The van der Waals surface area contributed by atoms with E-state index >= 15 is 0 Å². The number of rotatable bonds is 4. The highest BCUT2D eigenvalue weighted by Gasteiger charge is 2.13. The van der Waals surface area contributed by atoms with Crippen LogP contribution in [0.1, 0.15) is 16.1 Å². The lowest BCUT2D eigenvalue weighted by Crippen LogP contribution is -2.35. The molecule has 6 nitrogen and oxygen atoms in total. The summed E-state index contributed by atoms with van der Waals surface area (Å²) in [6.07, 6.45) is 4.42. The fourth-order valence-corrected chi connectivity index (χ4v) is 2.61. The lowest BCUT2D eigenvalue weighted by Gasteiger charge is -2.27. The van der Waals surface area contributed by atoms with Crippen molar-refractivity contribution in [2.75, 3.05) is 31.6 Å². The van der Waals surface area contributed by atoms with E-state index in [1.54, 1.807) is 6.07 Å². The van der Waals surface area contributed by atoms with Gasteiger partial charge >= 0.3 is 0 Å². The third-order valence-corrected chi connectivity index (χ3v) is 3.96. The molecule has 23 heavy (non-hydrogen) atoms. The standard InChI is InChI=1S/C16H17ClN4O2/c17-14-9-13(20-16(22)15-10-18-3-4-19-15)2-1-12(14)11-21-5-7-23-8-6-21/h1-4,9-10H,5-8,11H2,(H,20,22). The van der Waals surface area contributed by atoms with E-state index in [1.165, 1.54) is 18.6 Å². The Morgan fingerprint density at radius 2 is 2.13 bits per heavy atom. The van der Waals surface area contributed by atoms with E-state index in [4.69, 9.17) is 16.3 Å². The monoisotopic (exact) mass is 332 g/mol. The van der Waals surface area contributed by atoms with E-state index in [0.29, 0.717) is 10.7 Å². The van der Waals surface area contributed by atoms with E-state index in [2.05, 4.69) is 20.2 Å². The van der Waals surface area contributed by atoms with E-state index in [9.17, 15) is 4.79 Å². The molecular weight excluding hydrogens is 316 g/mol. The van der Waals surface area contributed by atoms with Gasteiger partial charge in [0.1, 0.15) is 5.69 Å². The van der Waals surface area contributed by atoms with Gasteiger partial charge in [-0.3, -0.25) is 14.7 Å². The van der Waals surface area contributed by atoms with E-state index in [-0.39, 0.29) is 11.6 Å². The molecule has 1 aliphatic rings. The summed E-state index contributed by atoms with van der Waals surface area (Å²) in [7, 11) is 0. The van der Waals surface area contributed by atoms with E-state index in [1.807, 2.05) is 12.1 Å². The number of nitrogens with one attached hydrogen (secondary N) is 1. The number of aromatic nitrogens is 2. The minimum Gasteiger partial charge on any atom is -0.379 e. The Morgan fingerprint density at radius 1 is 1.30 bits per heavy atom. The summed E-state index contributed by atoms with van der Waals surface area (Å²) in [5, 5.41) is 3.40. The average Bonchev–Trinajstić information content (AvgIpc) is 2.59. The number of benzene rings is 1. The van der Waals surface area contributed by atoms with Crippen LogP contribution in [0, 0.1) is 0 Å². The molecule has 0 saturated carbocycles. The lowest BCUT2D eigenvalue weighted by atomic mass is 10.2. The lowest BCUT2D eigenvalue weighted by molar-refractivity contribution is 0.0342. The molecule has 120 valence electrons. The fourth-order valence-electron chi connectivity index (χ4n) is 2.36. The zero-order valence-corrected chi connectivity index (χ0v) is 13.3. The molecule has 1 amide bonds. The maximum absolute atomic E-state index is 12.0. The first-order chi connectivity index (χ1) is 11.2. The largest absolute Gasteiger partial charge is 0.379 e. The normalized spacial score (nSPS) is 15.3. The zero-order valence-electron chi connectivity index (χ0n) is 12.5. The molecule has 1 fully saturated rings. The molecule has 0 aliphatic carbocycles. The van der Waals surface area contributed by atoms with Gasteiger partial charge in [-0.25, -0.2) is 4.98 Å². The first-order valence-electron chi connectivity index (χ1n) is 7.38. The fraction of sp³-hybridized carbons (Fsp3) is 0.312. The summed E-state index contributed by atoms with van der Waals surface area (Å²) < 4.78 is 5.34. The van der Waals surface area contributed by atoms with Gasteiger partial charge in [0.15, 0.2) is 0 Å². The predicted octanol–water partition coefficient (Wildman–Crippen LogP) is 2.21. The number of carbonyl (C=O) groups excluding carboxylic acids is 1. The molecule has 0 bridgehead atoms. The van der Waals surface area contributed by atoms with Crippen LogP contribution < -0.4 is 5.32 Å². The highest BCUT2D eigenvalue weighted by atomic mass is 35.5. The molecule has 1 saturated heterocycles. The van der Waals surface area contributed by atoms with Gasteiger partial charge in [0.05, 0.1) is 19.4 Å². The third-order valence-electron chi connectivity index (χ3n) is 3.60. The zero-order chi connectivity index (χ0) is 16.1. The minimum absolute atomic E-state index is 0.265. The average molecular weight is 333 g/mol. The number of hydrogen-bond donors (Lipinski definition) is 1. The molecule has 7 heteroatoms. The van der Waals surface area contributed by atoms with Crippen LogP contribution in [-0.2, 0) is 11.3 Å². The third kappa shape index (κ3) is 4.25. The molecule has 1 aromatic carbocycles. The Balaban J connectivity index is 1.65. The molecule has 1 N–H and O–H groups in total. The first kappa shape index (κ1) is 15.9. The van der Waals surface area contributed by atoms with Crippen molar-refractivity contribution in [2.45, 2.75) is 6.54 Å². The molecule has 3 rings (SSSR count). The molecule has 2 heterocycles. The maximum atomic E-state index is 12.0. The summed E-state index contributed by atoms with van der Waals surface area (Å²) in [6.45, 7) is 4.09. The molecule has 2 aromatic rings. The van der Waals surface area contributed by atoms with Crippen molar-refractivity contribution in [1.82, 2.24) is 14.9 Å². The van der Waals surface area contributed by atoms with Crippen molar-refractivity contribution in [1.29, 1.82) is 0 Å². The van der Waals surface area contributed by atoms with Crippen LogP contribution in [0.15, 0.2) is 36.8 Å². The summed E-state index contributed by atoms with van der Waals surface area (Å²) in [5.74, 6) is -0.310. The van der Waals surface area contributed by atoms with Gasteiger partial charge in [-0.15, -0.1) is 0 Å². The smallest absolute Gasteiger partial charge is 0.275 e. The highest BCUT2D eigenvalue weighted by molar-refractivity contribution is 6.31. The van der Waals surface area contributed by atoms with Gasteiger partial charge in [0, 0.05) is 42.7 Å². The number of ether oxygens (including phenoxy) is 1. The molecule has 1 aromatic heterocycles. The number of morpholine rings is 1. The maximum Gasteiger partial charge on any atom is 0.275 e. The topological polar surface area (TPSA) is 67.4 Å². The van der Waals surface area contributed by atoms with Gasteiger partial charge in [-0.1, -0.05) is 17.7 Å². The van der Waals surface area contributed by atoms with Crippen molar-refractivity contribution in [3.05, 3.63) is 53.1 Å². The molecule has 0 unspecified atom stereocenters. The number of hydrogen-bond acceptors (Lipinski definition) is 5. The number of carbonyl (C=O) groups is 1. The number of nitrogens with zero attached hydrogens (tertiary/aromatic N) is 3. The molecule has 0 spiro atoms. The van der Waals surface area contributed by atoms with Gasteiger partial charge in [0.2, 0.25) is 0 Å². The Kier molecular flexibility index (Phi) is 5.17. The predicted molar refractivity (Wildman–Crippen MR) is 87.5 cm³/mol. The highest BCUT2D eigenvalue weighted by Crippen LogP contribution is 2.23. The van der Waals surface area contributed by atoms with Crippen molar-refractivity contribution in [2.24, 2.45) is 0 Å². The molecule has 1 aliphatic heterocycles. The van der Waals surface area contributed by atoms with Crippen molar-refractivity contribution < 1.29 is 9.53 Å². The Bertz CT molecular complexity index is 675. The van der Waals surface area contributed by atoms with Crippen LogP contribution in [0.25, 0.3) is 0 Å². The van der Waals surface area contributed by atoms with E-state index in [0.717, 1.165) is 38.4 Å². The minimum atomic E-state index is -0.310. The second-order valence-electron chi connectivity index (χ2n) is 5.24. The van der Waals surface area contributed by atoms with E-state index < -0.39 is 0 Å². The van der Waals surface area contributed by atoms with Crippen LogP contribution in [0.5, 0.6) is 0 Å². The Labute approximate surface area is 139 Å². The summed E-state index contributed by atoms with van der Waals surface area (Å²) in [4.78, 5) is 22.2. The quantitative estimate of drug-likeness (QED) is 0.929. The number of anilines is 1. The van der Waals surface area contributed by atoms with Crippen LogP contribution >= 0.6 is 11.6 Å². The Morgan fingerprint density at radius 3 is 2.83 bits per heavy atom. The molecular formula is C16H17ClN4O2. The van der Waals surface area contributed by atoms with Crippen LogP contribution in [0.3, 0.4) is 0 Å². The number of halogens is 1. The van der Waals surface area contributed by atoms with Crippen molar-refractivity contribution in [3.63, 3.8) is 0 Å². The van der Waals surface area contributed by atoms with Crippen LogP contribution in [0.2, 0.25) is 5.02 Å². The first-order valence-corrected chi connectivity index (χ1v) is 7.76. The Hall–Kier alpha value is -2.02. The van der Waals surface area contributed by atoms with Crippen LogP contribution in [-0.4, -0.2) is 47.1 Å². The molecule has 0 atom stereocenters. The summed E-state index contributed by atoms with van der Waals surface area (Å²) >= 11 is 6.34. The number of amides is 1. The van der Waals surface area contributed by atoms with Crippen molar-refractivity contribution >= 4 is 23.2 Å². The van der Waals surface area contributed by atoms with Gasteiger partial charge in [-0.05, 0) is 17.7 Å². The summed E-state index contributed by atoms with van der Waals surface area (Å²) in [5.41, 5.74) is 1.93. The van der Waals surface area contributed by atoms with Crippen molar-refractivity contribution in [3.8, 4) is 0 Å². The summed E-state index contributed by atoms with van der Waals surface area (Å²) in [6, 6.07) is 5.53.